The van der Waals surface area contributed by atoms with Crippen molar-refractivity contribution in [3.05, 3.63) is 12.3 Å². The molecule has 5 heteroatoms. The summed E-state index contributed by atoms with van der Waals surface area (Å²) in [6.07, 6.45) is 0. The topological polar surface area (TPSA) is 18.5 Å². The van der Waals surface area contributed by atoms with E-state index in [1.54, 1.807) is 5.70 Å². The Morgan fingerprint density at radius 2 is 2.00 bits per heavy atom. The molecule has 0 aromatic carbocycles. The molecule has 0 atom stereocenters. The average molecular weight is 204 g/mol. The maximum absolute atomic E-state index is 5.75. The molecule has 0 aliphatic rings. The summed E-state index contributed by atoms with van der Waals surface area (Å²) in [5.74, 6) is 0. The molecule has 0 spiro atoms. The van der Waals surface area contributed by atoms with Crippen molar-refractivity contribution in [1.29, 1.82) is 0 Å². The first kappa shape index (κ1) is 11.3. The number of hydrogen-bond acceptors (Lipinski definition) is 2. The van der Waals surface area contributed by atoms with Crippen LogP contribution in [0.3, 0.4) is 0 Å². The third-order valence-electron chi connectivity index (χ3n) is 0.908. The Kier molecular flexibility index (Phi) is 5.19. The molecule has 0 N–H and O–H groups in total. The standard InChI is InChI=1S/C6H16O2Si3/c1-6-9-7-11(4,5)8-10(2)3/h6,10H,1H2,2-5H3. The second kappa shape index (κ2) is 5.04. The number of hydrogen-bond donors (Lipinski definition) is 0. The van der Waals surface area contributed by atoms with Crippen molar-refractivity contribution in [2.24, 2.45) is 0 Å². The minimum Gasteiger partial charge on any atom is -0.440 e. The van der Waals surface area contributed by atoms with Crippen LogP contribution in [0.1, 0.15) is 0 Å². The van der Waals surface area contributed by atoms with Gasteiger partial charge >= 0.3 is 8.56 Å². The van der Waals surface area contributed by atoms with Crippen molar-refractivity contribution in [1.82, 2.24) is 0 Å². The predicted molar refractivity (Wildman–Crippen MR) is 54.5 cm³/mol. The van der Waals surface area contributed by atoms with Crippen molar-refractivity contribution < 1.29 is 8.23 Å². The lowest BCUT2D eigenvalue weighted by Crippen LogP contribution is -2.39. The maximum atomic E-state index is 5.75. The first-order valence-corrected chi connectivity index (χ1v) is 10.3. The predicted octanol–water partition coefficient (Wildman–Crippen LogP) is 1.47. The van der Waals surface area contributed by atoms with Gasteiger partial charge in [0.15, 0.2) is 9.04 Å². The zero-order valence-corrected chi connectivity index (χ0v) is 10.8. The summed E-state index contributed by atoms with van der Waals surface area (Å²) >= 11 is 0. The Morgan fingerprint density at radius 3 is 2.36 bits per heavy atom. The molecule has 0 saturated carbocycles. The molecule has 0 fully saturated rings. The fraction of sp³-hybridized carbons (Fsp3) is 0.667. The molecule has 0 aliphatic carbocycles. The van der Waals surface area contributed by atoms with Crippen LogP contribution < -0.4 is 0 Å². The monoisotopic (exact) mass is 204 g/mol. The largest absolute Gasteiger partial charge is 0.440 e. The van der Waals surface area contributed by atoms with E-state index in [1.807, 2.05) is 0 Å². The minimum atomic E-state index is -1.78. The van der Waals surface area contributed by atoms with Crippen LogP contribution in [0, 0.1) is 0 Å². The molecule has 0 aliphatic heterocycles. The van der Waals surface area contributed by atoms with Crippen LogP contribution in [0.2, 0.25) is 26.2 Å². The quantitative estimate of drug-likeness (QED) is 0.632. The lowest BCUT2D eigenvalue weighted by Gasteiger charge is -2.24. The lowest BCUT2D eigenvalue weighted by atomic mass is 11.3. The summed E-state index contributed by atoms with van der Waals surface area (Å²) in [7, 11) is -2.33. The molecule has 0 heterocycles. The number of rotatable bonds is 5. The van der Waals surface area contributed by atoms with E-state index in [1.165, 1.54) is 0 Å². The lowest BCUT2D eigenvalue weighted by molar-refractivity contribution is 0.424. The summed E-state index contributed by atoms with van der Waals surface area (Å²) < 4.78 is 11.3. The van der Waals surface area contributed by atoms with Gasteiger partial charge in [0, 0.05) is 0 Å². The van der Waals surface area contributed by atoms with E-state index in [2.05, 4.69) is 32.8 Å². The van der Waals surface area contributed by atoms with Crippen molar-refractivity contribution >= 4 is 27.4 Å². The molecule has 0 saturated heterocycles. The smallest absolute Gasteiger partial charge is 0.311 e. The van der Waals surface area contributed by atoms with Crippen LogP contribution in [0.4, 0.5) is 0 Å². The first-order valence-electron chi connectivity index (χ1n) is 3.70. The van der Waals surface area contributed by atoms with Crippen LogP contribution in [0.5, 0.6) is 0 Å². The Balaban J connectivity index is 3.69. The van der Waals surface area contributed by atoms with E-state index >= 15 is 0 Å². The highest BCUT2D eigenvalue weighted by molar-refractivity contribution is 6.76. The summed E-state index contributed by atoms with van der Waals surface area (Å²) in [6, 6.07) is 0. The van der Waals surface area contributed by atoms with Crippen molar-refractivity contribution in [3.63, 3.8) is 0 Å². The first-order chi connectivity index (χ1) is 4.98. The summed E-state index contributed by atoms with van der Waals surface area (Å²) in [6.45, 7) is 12.1. The van der Waals surface area contributed by atoms with Crippen LogP contribution in [0.25, 0.3) is 0 Å². The van der Waals surface area contributed by atoms with Gasteiger partial charge in [-0.2, -0.15) is 0 Å². The Hall–Kier alpha value is 0.311. The Labute approximate surface area is 74.5 Å². The second-order valence-electron chi connectivity index (χ2n) is 2.99. The van der Waals surface area contributed by atoms with Crippen LogP contribution in [-0.4, -0.2) is 27.4 Å². The van der Waals surface area contributed by atoms with Gasteiger partial charge in [-0.25, -0.2) is 0 Å². The van der Waals surface area contributed by atoms with Gasteiger partial charge in [0.25, 0.3) is 0 Å². The van der Waals surface area contributed by atoms with E-state index < -0.39 is 17.6 Å². The molecule has 64 valence electrons. The average Bonchev–Trinajstić information content (AvgIpc) is 1.81. The summed E-state index contributed by atoms with van der Waals surface area (Å²) in [5.41, 5.74) is 1.79. The zero-order chi connectivity index (χ0) is 8.91. The Bertz CT molecular complexity index is 125. The molecular formula is C6H16O2Si3. The van der Waals surface area contributed by atoms with E-state index in [-0.39, 0.29) is 0 Å². The Morgan fingerprint density at radius 1 is 1.45 bits per heavy atom. The minimum absolute atomic E-state index is 0.389. The molecule has 0 aromatic rings. The van der Waals surface area contributed by atoms with Crippen molar-refractivity contribution in [3.8, 4) is 0 Å². The highest BCUT2D eigenvalue weighted by atomic mass is 28.4. The summed E-state index contributed by atoms with van der Waals surface area (Å²) in [4.78, 5) is 0. The van der Waals surface area contributed by atoms with Crippen LogP contribution in [-0.2, 0) is 8.23 Å². The maximum Gasteiger partial charge on any atom is 0.311 e. The van der Waals surface area contributed by atoms with Gasteiger partial charge < -0.3 is 8.23 Å². The molecule has 2 radical (unpaired) electrons. The van der Waals surface area contributed by atoms with E-state index in [4.69, 9.17) is 8.23 Å². The van der Waals surface area contributed by atoms with E-state index in [0.717, 1.165) is 0 Å². The van der Waals surface area contributed by atoms with Crippen molar-refractivity contribution in [2.75, 3.05) is 0 Å². The van der Waals surface area contributed by atoms with Crippen LogP contribution >= 0.6 is 0 Å². The van der Waals surface area contributed by atoms with Gasteiger partial charge in [0.1, 0.15) is 0 Å². The van der Waals surface area contributed by atoms with E-state index in [0.29, 0.717) is 9.76 Å². The fourth-order valence-electron chi connectivity index (χ4n) is 0.775. The third-order valence-corrected chi connectivity index (χ3v) is 7.67. The molecule has 0 rings (SSSR count). The van der Waals surface area contributed by atoms with Crippen LogP contribution in [0.15, 0.2) is 12.3 Å². The molecule has 0 amide bonds. The molecule has 0 bridgehead atoms. The highest BCUT2D eigenvalue weighted by Gasteiger charge is 2.24. The fourth-order valence-corrected chi connectivity index (χ4v) is 7.41. The molecular weight excluding hydrogens is 188 g/mol. The van der Waals surface area contributed by atoms with Gasteiger partial charge in [-0.3, -0.25) is 0 Å². The van der Waals surface area contributed by atoms with Gasteiger partial charge in [-0.15, -0.1) is 6.58 Å². The van der Waals surface area contributed by atoms with Gasteiger partial charge in [-0.05, 0) is 26.2 Å². The second-order valence-corrected chi connectivity index (χ2v) is 10.3. The summed E-state index contributed by atoms with van der Waals surface area (Å²) in [5, 5.41) is 0. The van der Waals surface area contributed by atoms with Gasteiger partial charge in [0.2, 0.25) is 9.76 Å². The zero-order valence-electron chi connectivity index (χ0n) is 7.68. The SMILES string of the molecule is C=C[Si]O[Si](C)(C)O[SiH](C)C. The van der Waals surface area contributed by atoms with Gasteiger partial charge in [-0.1, -0.05) is 5.70 Å². The molecule has 0 unspecified atom stereocenters. The van der Waals surface area contributed by atoms with Crippen molar-refractivity contribution in [2.45, 2.75) is 26.2 Å². The van der Waals surface area contributed by atoms with Gasteiger partial charge in [0.05, 0.1) is 0 Å². The molecule has 2 nitrogen and oxygen atoms in total. The van der Waals surface area contributed by atoms with E-state index in [9.17, 15) is 0 Å². The normalized spacial score (nSPS) is 12.1. The molecule has 0 aromatic heterocycles. The third kappa shape index (κ3) is 6.70. The molecule has 11 heavy (non-hydrogen) atoms. The highest BCUT2D eigenvalue weighted by Crippen LogP contribution is 2.06.